The molecule has 0 radical (unpaired) electrons. The van der Waals surface area contributed by atoms with Gasteiger partial charge in [0.05, 0.1) is 16.8 Å². The molecule has 20 heavy (non-hydrogen) atoms. The standard InChI is InChI=1S/C15H13BrN2OS/c1-19-9-10-3-2-4-12(7-10)17-15-18-13-6-5-11(16)8-14(13)20-15/h2-8H,9H2,1H3,(H,17,18). The van der Waals surface area contributed by atoms with E-state index in [9.17, 15) is 0 Å². The zero-order chi connectivity index (χ0) is 13.9. The van der Waals surface area contributed by atoms with Crippen LogP contribution in [0.4, 0.5) is 10.8 Å². The number of anilines is 2. The monoisotopic (exact) mass is 348 g/mol. The van der Waals surface area contributed by atoms with E-state index < -0.39 is 0 Å². The molecule has 1 aromatic heterocycles. The van der Waals surface area contributed by atoms with Crippen molar-refractivity contribution in [3.05, 3.63) is 52.5 Å². The van der Waals surface area contributed by atoms with Gasteiger partial charge in [0.1, 0.15) is 0 Å². The maximum absolute atomic E-state index is 5.15. The molecule has 3 rings (SSSR count). The van der Waals surface area contributed by atoms with Crippen molar-refractivity contribution in [3.8, 4) is 0 Å². The van der Waals surface area contributed by atoms with Gasteiger partial charge in [-0.05, 0) is 35.9 Å². The largest absolute Gasteiger partial charge is 0.380 e. The molecular weight excluding hydrogens is 336 g/mol. The number of methoxy groups -OCH3 is 1. The molecule has 0 aliphatic rings. The predicted octanol–water partition coefficient (Wildman–Crippen LogP) is 4.95. The number of aromatic nitrogens is 1. The van der Waals surface area contributed by atoms with Crippen LogP contribution in [0.15, 0.2) is 46.9 Å². The minimum Gasteiger partial charge on any atom is -0.380 e. The molecule has 1 heterocycles. The Balaban J connectivity index is 1.87. The van der Waals surface area contributed by atoms with Crippen LogP contribution < -0.4 is 5.32 Å². The smallest absolute Gasteiger partial charge is 0.188 e. The highest BCUT2D eigenvalue weighted by Crippen LogP contribution is 2.30. The normalized spacial score (nSPS) is 10.9. The highest BCUT2D eigenvalue weighted by molar-refractivity contribution is 9.10. The zero-order valence-corrected chi connectivity index (χ0v) is 13.3. The molecule has 0 saturated carbocycles. The number of ether oxygens (including phenoxy) is 1. The lowest BCUT2D eigenvalue weighted by Crippen LogP contribution is -1.92. The Morgan fingerprint density at radius 2 is 2.15 bits per heavy atom. The fourth-order valence-electron chi connectivity index (χ4n) is 1.98. The molecule has 0 aliphatic carbocycles. The van der Waals surface area contributed by atoms with Crippen molar-refractivity contribution in [3.63, 3.8) is 0 Å². The number of nitrogens with one attached hydrogen (secondary N) is 1. The van der Waals surface area contributed by atoms with Gasteiger partial charge in [0.25, 0.3) is 0 Å². The summed E-state index contributed by atoms with van der Waals surface area (Å²) >= 11 is 5.12. The van der Waals surface area contributed by atoms with Gasteiger partial charge in [-0.1, -0.05) is 39.4 Å². The van der Waals surface area contributed by atoms with Crippen LogP contribution in [0.25, 0.3) is 10.2 Å². The van der Waals surface area contributed by atoms with Crippen LogP contribution in [0.1, 0.15) is 5.56 Å². The third-order valence-corrected chi connectivity index (χ3v) is 4.27. The van der Waals surface area contributed by atoms with Crippen molar-refractivity contribution in [2.75, 3.05) is 12.4 Å². The van der Waals surface area contributed by atoms with E-state index in [1.165, 1.54) is 0 Å². The van der Waals surface area contributed by atoms with Gasteiger partial charge >= 0.3 is 0 Å². The topological polar surface area (TPSA) is 34.1 Å². The first kappa shape index (κ1) is 13.5. The van der Waals surface area contributed by atoms with Crippen LogP contribution in [0.5, 0.6) is 0 Å². The average Bonchev–Trinajstić information content (AvgIpc) is 2.81. The Kier molecular flexibility index (Phi) is 4.00. The summed E-state index contributed by atoms with van der Waals surface area (Å²) in [6, 6.07) is 14.3. The van der Waals surface area contributed by atoms with Gasteiger partial charge in [0.2, 0.25) is 0 Å². The number of thiazole rings is 1. The molecule has 1 N–H and O–H groups in total. The molecule has 0 fully saturated rings. The predicted molar refractivity (Wildman–Crippen MR) is 87.8 cm³/mol. The second kappa shape index (κ2) is 5.91. The van der Waals surface area contributed by atoms with E-state index in [1.807, 2.05) is 30.3 Å². The van der Waals surface area contributed by atoms with Crippen molar-refractivity contribution in [1.82, 2.24) is 4.98 Å². The molecule has 3 nitrogen and oxygen atoms in total. The van der Waals surface area contributed by atoms with Gasteiger partial charge in [-0.2, -0.15) is 0 Å². The third kappa shape index (κ3) is 3.00. The molecule has 102 valence electrons. The summed E-state index contributed by atoms with van der Waals surface area (Å²) in [6.45, 7) is 0.613. The molecular formula is C15H13BrN2OS. The van der Waals surface area contributed by atoms with Crippen LogP contribution >= 0.6 is 27.3 Å². The van der Waals surface area contributed by atoms with E-state index in [0.717, 1.165) is 31.1 Å². The first-order chi connectivity index (χ1) is 9.74. The lowest BCUT2D eigenvalue weighted by molar-refractivity contribution is 0.185. The minimum atomic E-state index is 0.613. The number of fused-ring (bicyclic) bond motifs is 1. The van der Waals surface area contributed by atoms with Crippen molar-refractivity contribution >= 4 is 48.3 Å². The summed E-state index contributed by atoms with van der Waals surface area (Å²) in [5.74, 6) is 0. The van der Waals surface area contributed by atoms with Gasteiger partial charge in [-0.25, -0.2) is 4.98 Å². The van der Waals surface area contributed by atoms with Crippen LogP contribution in [-0.4, -0.2) is 12.1 Å². The highest BCUT2D eigenvalue weighted by Gasteiger charge is 2.05. The van der Waals surface area contributed by atoms with E-state index in [1.54, 1.807) is 18.4 Å². The van der Waals surface area contributed by atoms with Crippen molar-refractivity contribution in [1.29, 1.82) is 0 Å². The fourth-order valence-corrected chi connectivity index (χ4v) is 3.42. The number of halogens is 1. The summed E-state index contributed by atoms with van der Waals surface area (Å²) < 4.78 is 7.38. The molecule has 0 spiro atoms. The van der Waals surface area contributed by atoms with Crippen LogP contribution in [0.3, 0.4) is 0 Å². The summed E-state index contributed by atoms with van der Waals surface area (Å²) in [4.78, 5) is 4.58. The summed E-state index contributed by atoms with van der Waals surface area (Å²) in [5.41, 5.74) is 3.17. The Bertz CT molecular complexity index is 742. The zero-order valence-electron chi connectivity index (χ0n) is 10.9. The Hall–Kier alpha value is -1.43. The Labute approximate surface area is 129 Å². The van der Waals surface area contributed by atoms with Gasteiger partial charge in [-0.15, -0.1) is 0 Å². The molecule has 0 unspecified atom stereocenters. The van der Waals surface area contributed by atoms with E-state index in [-0.39, 0.29) is 0 Å². The van der Waals surface area contributed by atoms with Gasteiger partial charge in [-0.3, -0.25) is 0 Å². The Morgan fingerprint density at radius 3 is 3.00 bits per heavy atom. The maximum atomic E-state index is 5.15. The van der Waals surface area contributed by atoms with Crippen LogP contribution in [0.2, 0.25) is 0 Å². The number of hydrogen-bond donors (Lipinski definition) is 1. The molecule has 0 atom stereocenters. The number of hydrogen-bond acceptors (Lipinski definition) is 4. The lowest BCUT2D eigenvalue weighted by atomic mass is 10.2. The van der Waals surface area contributed by atoms with E-state index in [4.69, 9.17) is 4.74 Å². The number of benzene rings is 2. The fraction of sp³-hybridized carbons (Fsp3) is 0.133. The highest BCUT2D eigenvalue weighted by atomic mass is 79.9. The summed E-state index contributed by atoms with van der Waals surface area (Å²) in [7, 11) is 1.70. The molecule has 5 heteroatoms. The summed E-state index contributed by atoms with van der Waals surface area (Å²) in [5, 5.41) is 4.24. The molecule has 0 saturated heterocycles. The van der Waals surface area contributed by atoms with Crippen molar-refractivity contribution in [2.45, 2.75) is 6.61 Å². The van der Waals surface area contributed by atoms with Crippen molar-refractivity contribution < 1.29 is 4.74 Å². The second-order valence-electron chi connectivity index (χ2n) is 4.39. The quantitative estimate of drug-likeness (QED) is 0.724. The first-order valence-corrected chi connectivity index (χ1v) is 7.76. The van der Waals surface area contributed by atoms with E-state index >= 15 is 0 Å². The lowest BCUT2D eigenvalue weighted by Gasteiger charge is -2.05. The van der Waals surface area contributed by atoms with Crippen molar-refractivity contribution in [2.24, 2.45) is 0 Å². The van der Waals surface area contributed by atoms with Crippen LogP contribution in [-0.2, 0) is 11.3 Å². The Morgan fingerprint density at radius 1 is 1.25 bits per heavy atom. The maximum Gasteiger partial charge on any atom is 0.188 e. The molecule has 0 bridgehead atoms. The third-order valence-electron chi connectivity index (χ3n) is 2.84. The van der Waals surface area contributed by atoms with Gasteiger partial charge < -0.3 is 10.1 Å². The van der Waals surface area contributed by atoms with Crippen LogP contribution in [0, 0.1) is 0 Å². The first-order valence-electron chi connectivity index (χ1n) is 6.15. The SMILES string of the molecule is COCc1cccc(Nc2nc3ccc(Br)cc3s2)c1. The molecule has 3 aromatic rings. The molecule has 2 aromatic carbocycles. The molecule has 0 amide bonds. The second-order valence-corrected chi connectivity index (χ2v) is 6.34. The number of nitrogens with zero attached hydrogens (tertiary/aromatic N) is 1. The average molecular weight is 349 g/mol. The molecule has 0 aliphatic heterocycles. The van der Waals surface area contributed by atoms with E-state index in [2.05, 4.69) is 38.4 Å². The summed E-state index contributed by atoms with van der Waals surface area (Å²) in [6.07, 6.45) is 0. The van der Waals surface area contributed by atoms with Gasteiger partial charge in [0, 0.05) is 17.3 Å². The number of rotatable bonds is 4. The van der Waals surface area contributed by atoms with Gasteiger partial charge in [0.15, 0.2) is 5.13 Å². The van der Waals surface area contributed by atoms with E-state index in [0.29, 0.717) is 6.61 Å². The minimum absolute atomic E-state index is 0.613.